The molecule has 0 saturated carbocycles. The van der Waals surface area contributed by atoms with E-state index in [9.17, 15) is 14.7 Å². The summed E-state index contributed by atoms with van der Waals surface area (Å²) in [7, 11) is 0. The van der Waals surface area contributed by atoms with Gasteiger partial charge < -0.3 is 10.4 Å². The molecule has 5 heteroatoms. The van der Waals surface area contributed by atoms with E-state index in [4.69, 9.17) is 0 Å². The summed E-state index contributed by atoms with van der Waals surface area (Å²) in [6.45, 7) is 0. The summed E-state index contributed by atoms with van der Waals surface area (Å²) < 4.78 is 0. The lowest BCUT2D eigenvalue weighted by molar-refractivity contribution is -0.140. The van der Waals surface area contributed by atoms with Gasteiger partial charge in [-0.2, -0.15) is 0 Å². The number of aliphatic carboxylic acids is 1. The lowest BCUT2D eigenvalue weighted by Crippen LogP contribution is -2.48. The zero-order valence-electron chi connectivity index (χ0n) is 13.9. The molecule has 1 amide bonds. The van der Waals surface area contributed by atoms with E-state index in [2.05, 4.69) is 10.6 Å². The molecule has 0 aliphatic carbocycles. The molecule has 1 aliphatic heterocycles. The quantitative estimate of drug-likeness (QED) is 0.756. The smallest absolute Gasteiger partial charge is 0.320 e. The van der Waals surface area contributed by atoms with Gasteiger partial charge in [-0.05, 0) is 42.9 Å². The van der Waals surface area contributed by atoms with Gasteiger partial charge >= 0.3 is 5.97 Å². The molecule has 2 aromatic carbocycles. The van der Waals surface area contributed by atoms with E-state index >= 15 is 0 Å². The molecule has 130 valence electrons. The summed E-state index contributed by atoms with van der Waals surface area (Å²) in [6, 6.07) is 16.2. The van der Waals surface area contributed by atoms with E-state index in [1.807, 2.05) is 54.6 Å². The molecule has 0 spiro atoms. The Labute approximate surface area is 147 Å². The van der Waals surface area contributed by atoms with E-state index < -0.39 is 18.1 Å². The molecule has 0 bridgehead atoms. The van der Waals surface area contributed by atoms with Crippen LogP contribution in [0.1, 0.15) is 24.0 Å². The van der Waals surface area contributed by atoms with Gasteiger partial charge in [0.2, 0.25) is 5.91 Å². The average Bonchev–Trinajstić information content (AvgIpc) is 2.78. The van der Waals surface area contributed by atoms with Crippen LogP contribution in [0.2, 0.25) is 0 Å². The number of amides is 1. The first-order valence-electron chi connectivity index (χ1n) is 8.55. The van der Waals surface area contributed by atoms with Crippen LogP contribution in [0.3, 0.4) is 0 Å². The molecule has 0 aromatic heterocycles. The monoisotopic (exact) mass is 338 g/mol. The summed E-state index contributed by atoms with van der Waals surface area (Å²) in [5, 5.41) is 15.5. The van der Waals surface area contributed by atoms with E-state index in [1.165, 1.54) is 0 Å². The highest BCUT2D eigenvalue weighted by Gasteiger charge is 2.28. The molecule has 0 saturated heterocycles. The molecule has 3 N–H and O–H groups in total. The highest BCUT2D eigenvalue weighted by Crippen LogP contribution is 2.22. The van der Waals surface area contributed by atoms with Crippen molar-refractivity contribution < 1.29 is 14.7 Å². The molecular weight excluding hydrogens is 316 g/mol. The van der Waals surface area contributed by atoms with Crippen molar-refractivity contribution in [2.45, 2.75) is 37.8 Å². The molecule has 1 heterocycles. The maximum absolute atomic E-state index is 12.4. The third-order valence-corrected chi connectivity index (χ3v) is 4.56. The minimum Gasteiger partial charge on any atom is -0.480 e. The van der Waals surface area contributed by atoms with Gasteiger partial charge in [-0.25, -0.2) is 0 Å². The second-order valence-corrected chi connectivity index (χ2v) is 6.32. The van der Waals surface area contributed by atoms with E-state index in [1.54, 1.807) is 0 Å². The van der Waals surface area contributed by atoms with Crippen LogP contribution in [-0.2, 0) is 22.4 Å². The number of anilines is 1. The number of carbonyl (C=O) groups is 2. The predicted octanol–water partition coefficient (Wildman–Crippen LogP) is 2.62. The second kappa shape index (κ2) is 7.94. The standard InChI is InChI=1S/C20H22N2O3/c23-19-17(13-11-15-8-4-5-9-16(15)22-19)21-18(20(24)25)12-10-14-6-2-1-3-7-14/h1-9,17-18,21H,10-13H2,(H,22,23)(H,24,25)/t17-,18-/m1/s1. The highest BCUT2D eigenvalue weighted by molar-refractivity contribution is 5.96. The first-order valence-corrected chi connectivity index (χ1v) is 8.55. The van der Waals surface area contributed by atoms with E-state index in [-0.39, 0.29) is 5.91 Å². The summed E-state index contributed by atoms with van der Waals surface area (Å²) >= 11 is 0. The zero-order chi connectivity index (χ0) is 17.6. The largest absolute Gasteiger partial charge is 0.480 e. The van der Waals surface area contributed by atoms with Crippen molar-refractivity contribution in [3.8, 4) is 0 Å². The number of fused-ring (bicyclic) bond motifs is 1. The average molecular weight is 338 g/mol. The Kier molecular flexibility index (Phi) is 5.46. The summed E-state index contributed by atoms with van der Waals surface area (Å²) in [6.07, 6.45) is 2.41. The normalized spacial score (nSPS) is 17.9. The van der Waals surface area contributed by atoms with Gasteiger partial charge in [0.1, 0.15) is 6.04 Å². The zero-order valence-corrected chi connectivity index (χ0v) is 13.9. The predicted molar refractivity (Wildman–Crippen MR) is 96.5 cm³/mol. The number of para-hydroxylation sites is 1. The first kappa shape index (κ1) is 17.2. The minimum absolute atomic E-state index is 0.170. The summed E-state index contributed by atoms with van der Waals surface area (Å²) in [5.74, 6) is -1.10. The molecule has 1 aliphatic rings. The Bertz CT molecular complexity index is 746. The minimum atomic E-state index is -0.925. The van der Waals surface area contributed by atoms with Crippen molar-refractivity contribution >= 4 is 17.6 Å². The van der Waals surface area contributed by atoms with E-state index in [0.717, 1.165) is 23.2 Å². The third kappa shape index (κ3) is 4.45. The molecule has 25 heavy (non-hydrogen) atoms. The maximum atomic E-state index is 12.4. The molecule has 3 rings (SSSR count). The lowest BCUT2D eigenvalue weighted by atomic mass is 10.0. The fraction of sp³-hybridized carbons (Fsp3) is 0.300. The van der Waals surface area contributed by atoms with Crippen LogP contribution in [0.5, 0.6) is 0 Å². The Morgan fingerprint density at radius 2 is 1.88 bits per heavy atom. The fourth-order valence-electron chi connectivity index (χ4n) is 3.15. The van der Waals surface area contributed by atoms with Crippen LogP contribution >= 0.6 is 0 Å². The van der Waals surface area contributed by atoms with Crippen LogP contribution in [0.25, 0.3) is 0 Å². The van der Waals surface area contributed by atoms with Gasteiger partial charge in [0, 0.05) is 5.69 Å². The molecule has 2 aromatic rings. The highest BCUT2D eigenvalue weighted by atomic mass is 16.4. The molecule has 0 fully saturated rings. The van der Waals surface area contributed by atoms with E-state index in [0.29, 0.717) is 19.3 Å². The first-order chi connectivity index (χ1) is 12.1. The van der Waals surface area contributed by atoms with Crippen molar-refractivity contribution in [3.63, 3.8) is 0 Å². The van der Waals surface area contributed by atoms with Gasteiger partial charge in [0.05, 0.1) is 6.04 Å². The molecule has 0 unspecified atom stereocenters. The number of rotatable bonds is 6. The number of hydrogen-bond acceptors (Lipinski definition) is 3. The van der Waals surface area contributed by atoms with Gasteiger partial charge in [-0.3, -0.25) is 14.9 Å². The van der Waals surface area contributed by atoms with Crippen molar-refractivity contribution in [3.05, 3.63) is 65.7 Å². The Balaban J connectivity index is 1.64. The Morgan fingerprint density at radius 3 is 2.64 bits per heavy atom. The van der Waals surface area contributed by atoms with Crippen LogP contribution in [0.15, 0.2) is 54.6 Å². The second-order valence-electron chi connectivity index (χ2n) is 6.32. The van der Waals surface area contributed by atoms with Gasteiger partial charge in [-0.1, -0.05) is 48.5 Å². The van der Waals surface area contributed by atoms with Crippen molar-refractivity contribution in [2.24, 2.45) is 0 Å². The lowest BCUT2D eigenvalue weighted by Gasteiger charge is -2.21. The number of hydrogen-bond donors (Lipinski definition) is 3. The van der Waals surface area contributed by atoms with Crippen LogP contribution in [-0.4, -0.2) is 29.1 Å². The van der Waals surface area contributed by atoms with Crippen molar-refractivity contribution in [1.82, 2.24) is 5.32 Å². The number of aryl methyl sites for hydroxylation is 2. The molecule has 5 nitrogen and oxygen atoms in total. The number of carbonyl (C=O) groups excluding carboxylic acids is 1. The molecule has 2 atom stereocenters. The SMILES string of the molecule is O=C(O)[C@@H](CCc1ccccc1)N[C@@H]1CCc2ccccc2NC1=O. The maximum Gasteiger partial charge on any atom is 0.320 e. The number of carboxylic acid groups (broad SMARTS) is 1. The molecular formula is C20H22N2O3. The number of benzene rings is 2. The Hall–Kier alpha value is -2.66. The Morgan fingerprint density at radius 1 is 1.16 bits per heavy atom. The number of nitrogens with one attached hydrogen (secondary N) is 2. The molecule has 0 radical (unpaired) electrons. The van der Waals surface area contributed by atoms with Crippen LogP contribution in [0, 0.1) is 0 Å². The third-order valence-electron chi connectivity index (χ3n) is 4.56. The summed E-state index contributed by atoms with van der Waals surface area (Å²) in [5.41, 5.74) is 2.98. The van der Waals surface area contributed by atoms with Gasteiger partial charge in [0.25, 0.3) is 0 Å². The van der Waals surface area contributed by atoms with Crippen LogP contribution < -0.4 is 10.6 Å². The van der Waals surface area contributed by atoms with Gasteiger partial charge in [-0.15, -0.1) is 0 Å². The van der Waals surface area contributed by atoms with Gasteiger partial charge in [0.15, 0.2) is 0 Å². The van der Waals surface area contributed by atoms with Crippen LogP contribution in [0.4, 0.5) is 5.69 Å². The van der Waals surface area contributed by atoms with Crippen molar-refractivity contribution in [2.75, 3.05) is 5.32 Å². The number of carboxylic acids is 1. The topological polar surface area (TPSA) is 78.4 Å². The van der Waals surface area contributed by atoms with Crippen molar-refractivity contribution in [1.29, 1.82) is 0 Å². The summed E-state index contributed by atoms with van der Waals surface area (Å²) in [4.78, 5) is 24.1. The fourth-order valence-corrected chi connectivity index (χ4v) is 3.15.